The Kier molecular flexibility index (Phi) is 4.76. The third kappa shape index (κ3) is 3.63. The van der Waals surface area contributed by atoms with E-state index in [1.807, 2.05) is 31.2 Å². The average molecular weight is 388 g/mol. The second kappa shape index (κ2) is 7.36. The molecule has 0 fully saturated rings. The second-order valence-corrected chi connectivity index (χ2v) is 7.02. The van der Waals surface area contributed by atoms with Gasteiger partial charge in [-0.15, -0.1) is 10.2 Å². The minimum absolute atomic E-state index is 0.138. The number of hydrogen-bond acceptors (Lipinski definition) is 9. The summed E-state index contributed by atoms with van der Waals surface area (Å²) in [4.78, 5) is 11.5. The summed E-state index contributed by atoms with van der Waals surface area (Å²) in [6, 6.07) is 10.7. The van der Waals surface area contributed by atoms with Crippen LogP contribution in [0.2, 0.25) is 0 Å². The molecule has 0 bridgehead atoms. The number of aromatic nitrogens is 2. The Labute approximate surface area is 158 Å². The molecule has 27 heavy (non-hydrogen) atoms. The molecule has 3 aromatic rings. The summed E-state index contributed by atoms with van der Waals surface area (Å²) in [5.74, 6) is 1.90. The number of fused-ring (bicyclic) bond motifs is 1. The van der Waals surface area contributed by atoms with Crippen LogP contribution in [0, 0.1) is 0 Å². The van der Waals surface area contributed by atoms with Crippen LogP contribution in [0.25, 0.3) is 0 Å². The number of ether oxygens (including phenoxy) is 3. The molecule has 1 aliphatic heterocycles. The third-order valence-electron chi connectivity index (χ3n) is 3.90. The first-order valence-corrected chi connectivity index (χ1v) is 9.08. The molecule has 0 saturated carbocycles. The summed E-state index contributed by atoms with van der Waals surface area (Å²) in [7, 11) is 1.30. The number of carbonyl (C=O) groups excluding carboxylic acids is 1. The number of para-hydroxylation sites is 2. The summed E-state index contributed by atoms with van der Waals surface area (Å²) in [5.41, 5.74) is 0. The van der Waals surface area contributed by atoms with Crippen LogP contribution < -0.4 is 9.47 Å². The highest BCUT2D eigenvalue weighted by Crippen LogP contribution is 2.38. The lowest BCUT2D eigenvalue weighted by molar-refractivity contribution is 0.0563. The zero-order chi connectivity index (χ0) is 18.8. The van der Waals surface area contributed by atoms with E-state index in [4.69, 9.17) is 18.3 Å². The Morgan fingerprint density at radius 3 is 2.81 bits per heavy atom. The van der Waals surface area contributed by atoms with Gasteiger partial charge in [-0.05, 0) is 31.2 Å². The van der Waals surface area contributed by atoms with Crippen LogP contribution in [0.4, 0.5) is 0 Å². The van der Waals surface area contributed by atoms with Gasteiger partial charge in [0.15, 0.2) is 11.5 Å². The summed E-state index contributed by atoms with van der Waals surface area (Å²) < 4.78 is 27.4. The van der Waals surface area contributed by atoms with Crippen LogP contribution in [0.1, 0.15) is 40.5 Å². The van der Waals surface area contributed by atoms with Gasteiger partial charge in [0.2, 0.25) is 11.9 Å². The predicted octanol–water partition coefficient (Wildman–Crippen LogP) is 3.82. The van der Waals surface area contributed by atoms with Crippen molar-refractivity contribution in [2.45, 2.75) is 23.5 Å². The Morgan fingerprint density at radius 2 is 2.00 bits per heavy atom. The number of nitrogens with zero attached hydrogens (tertiary/aromatic N) is 2. The van der Waals surface area contributed by atoms with E-state index in [-0.39, 0.29) is 11.0 Å². The maximum atomic E-state index is 11.5. The van der Waals surface area contributed by atoms with E-state index < -0.39 is 12.1 Å². The van der Waals surface area contributed by atoms with Crippen molar-refractivity contribution in [1.29, 1.82) is 0 Å². The van der Waals surface area contributed by atoms with Gasteiger partial charge < -0.3 is 23.0 Å². The SMILES string of the molecule is COC(=O)c1ccc([C@@H](C)Sc2nnc([C@H]3COc4ccccc4O3)o2)o1. The van der Waals surface area contributed by atoms with Gasteiger partial charge in [0.05, 0.1) is 12.4 Å². The monoisotopic (exact) mass is 388 g/mol. The van der Waals surface area contributed by atoms with Crippen molar-refractivity contribution in [3.05, 3.63) is 53.8 Å². The first-order valence-electron chi connectivity index (χ1n) is 8.20. The molecule has 0 saturated heterocycles. The van der Waals surface area contributed by atoms with E-state index in [0.29, 0.717) is 35.0 Å². The van der Waals surface area contributed by atoms with Gasteiger partial charge in [-0.3, -0.25) is 0 Å². The number of methoxy groups -OCH3 is 1. The molecule has 0 spiro atoms. The van der Waals surface area contributed by atoms with Crippen molar-refractivity contribution < 1.29 is 27.8 Å². The molecule has 0 amide bonds. The van der Waals surface area contributed by atoms with E-state index in [0.717, 1.165) is 0 Å². The number of furan rings is 1. The fraction of sp³-hybridized carbons (Fsp3) is 0.278. The molecule has 1 aliphatic rings. The Bertz CT molecular complexity index is 953. The number of thioether (sulfide) groups is 1. The molecule has 0 aliphatic carbocycles. The molecule has 4 rings (SSSR count). The maximum absolute atomic E-state index is 11.5. The fourth-order valence-corrected chi connectivity index (χ4v) is 3.30. The lowest BCUT2D eigenvalue weighted by Crippen LogP contribution is -2.21. The van der Waals surface area contributed by atoms with Gasteiger partial charge in [0.25, 0.3) is 11.1 Å². The first kappa shape index (κ1) is 17.5. The second-order valence-electron chi connectivity index (χ2n) is 5.72. The maximum Gasteiger partial charge on any atom is 0.373 e. The minimum atomic E-state index is -0.520. The van der Waals surface area contributed by atoms with Gasteiger partial charge in [-0.1, -0.05) is 23.9 Å². The molecular weight excluding hydrogens is 372 g/mol. The van der Waals surface area contributed by atoms with E-state index in [9.17, 15) is 4.79 Å². The zero-order valence-corrected chi connectivity index (χ0v) is 15.4. The van der Waals surface area contributed by atoms with E-state index >= 15 is 0 Å². The highest BCUT2D eigenvalue weighted by Gasteiger charge is 2.28. The van der Waals surface area contributed by atoms with Crippen LogP contribution in [0.15, 0.2) is 50.5 Å². The van der Waals surface area contributed by atoms with Crippen molar-refractivity contribution in [3.63, 3.8) is 0 Å². The van der Waals surface area contributed by atoms with Gasteiger partial charge in [-0.2, -0.15) is 0 Å². The van der Waals surface area contributed by atoms with Crippen LogP contribution in [-0.2, 0) is 4.74 Å². The fourth-order valence-electron chi connectivity index (χ4n) is 2.53. The molecule has 2 aromatic heterocycles. The lowest BCUT2D eigenvalue weighted by atomic mass is 10.2. The normalized spacial score (nSPS) is 16.7. The van der Waals surface area contributed by atoms with E-state index in [1.54, 1.807) is 12.1 Å². The van der Waals surface area contributed by atoms with Crippen molar-refractivity contribution >= 4 is 17.7 Å². The van der Waals surface area contributed by atoms with Gasteiger partial charge in [-0.25, -0.2) is 4.79 Å². The Morgan fingerprint density at radius 1 is 1.19 bits per heavy atom. The van der Waals surface area contributed by atoms with Crippen molar-refractivity contribution in [2.24, 2.45) is 0 Å². The highest BCUT2D eigenvalue weighted by molar-refractivity contribution is 7.99. The predicted molar refractivity (Wildman–Crippen MR) is 93.9 cm³/mol. The quantitative estimate of drug-likeness (QED) is 0.477. The Balaban J connectivity index is 1.42. The standard InChI is InChI=1S/C18H16N2O6S/c1-10(11-7-8-14(24-11)17(21)22-2)27-18-20-19-16(26-18)15-9-23-12-5-3-4-6-13(12)25-15/h3-8,10,15H,9H2,1-2H3/t10-,15-/m1/s1. The van der Waals surface area contributed by atoms with Gasteiger partial charge >= 0.3 is 5.97 Å². The van der Waals surface area contributed by atoms with Gasteiger partial charge in [0, 0.05) is 0 Å². The summed E-state index contributed by atoms with van der Waals surface area (Å²) in [6.45, 7) is 2.20. The van der Waals surface area contributed by atoms with Gasteiger partial charge in [0.1, 0.15) is 12.4 Å². The molecule has 9 heteroatoms. The number of carbonyl (C=O) groups is 1. The van der Waals surface area contributed by atoms with E-state index in [2.05, 4.69) is 14.9 Å². The summed E-state index contributed by atoms with van der Waals surface area (Å²) in [5, 5.41) is 8.34. The highest BCUT2D eigenvalue weighted by atomic mass is 32.2. The smallest absolute Gasteiger partial charge is 0.373 e. The molecule has 8 nitrogen and oxygen atoms in total. The van der Waals surface area contributed by atoms with Crippen LogP contribution >= 0.6 is 11.8 Å². The van der Waals surface area contributed by atoms with Crippen molar-refractivity contribution in [1.82, 2.24) is 10.2 Å². The molecule has 140 valence electrons. The number of rotatable bonds is 5. The summed E-state index contributed by atoms with van der Waals surface area (Å²) >= 11 is 1.32. The lowest BCUT2D eigenvalue weighted by Gasteiger charge is -2.23. The van der Waals surface area contributed by atoms with Crippen molar-refractivity contribution in [2.75, 3.05) is 13.7 Å². The van der Waals surface area contributed by atoms with Crippen molar-refractivity contribution in [3.8, 4) is 11.5 Å². The molecule has 0 N–H and O–H groups in total. The van der Waals surface area contributed by atoms with Crippen LogP contribution in [0.5, 0.6) is 11.5 Å². The molecule has 1 aromatic carbocycles. The molecule has 0 unspecified atom stereocenters. The van der Waals surface area contributed by atoms with E-state index in [1.165, 1.54) is 18.9 Å². The van der Waals surface area contributed by atoms with Crippen LogP contribution in [-0.4, -0.2) is 29.9 Å². The zero-order valence-electron chi connectivity index (χ0n) is 14.6. The molecule has 2 atom stereocenters. The number of benzene rings is 1. The average Bonchev–Trinajstić information content (AvgIpc) is 3.37. The van der Waals surface area contributed by atoms with Crippen LogP contribution in [0.3, 0.4) is 0 Å². The number of esters is 1. The number of hydrogen-bond donors (Lipinski definition) is 0. The minimum Gasteiger partial charge on any atom is -0.485 e. The topological polar surface area (TPSA) is 96.8 Å². The molecule has 0 radical (unpaired) electrons. The molecule has 3 heterocycles. The summed E-state index contributed by atoms with van der Waals surface area (Å²) in [6.07, 6.45) is -0.466. The molecular formula is C18H16N2O6S. The first-order chi connectivity index (χ1) is 13.1. The Hall–Kier alpha value is -2.94. The third-order valence-corrected chi connectivity index (χ3v) is 4.85. The largest absolute Gasteiger partial charge is 0.485 e.